The van der Waals surface area contributed by atoms with E-state index >= 15 is 0 Å². The molecule has 208 valence electrons. The summed E-state index contributed by atoms with van der Waals surface area (Å²) < 4.78 is 82.4. The first-order valence-electron chi connectivity index (χ1n) is 12.7. The van der Waals surface area contributed by atoms with Crippen molar-refractivity contribution in [2.75, 3.05) is 44.2 Å². The van der Waals surface area contributed by atoms with Gasteiger partial charge in [0.2, 0.25) is 0 Å². The highest BCUT2D eigenvalue weighted by Crippen LogP contribution is 2.38. The number of aryl methyl sites for hydroxylation is 1. The van der Waals surface area contributed by atoms with Gasteiger partial charge in [-0.2, -0.15) is 31.4 Å². The lowest BCUT2D eigenvalue weighted by Crippen LogP contribution is -2.48. The molecule has 0 radical (unpaired) electrons. The lowest BCUT2D eigenvalue weighted by atomic mass is 10.0. The largest absolute Gasteiger partial charge is 0.434 e. The smallest absolute Gasteiger partial charge is 0.426 e. The molecule has 38 heavy (non-hydrogen) atoms. The van der Waals surface area contributed by atoms with Crippen LogP contribution in [-0.4, -0.2) is 83.4 Å². The third kappa shape index (κ3) is 5.43. The van der Waals surface area contributed by atoms with E-state index in [1.807, 2.05) is 17.8 Å². The zero-order chi connectivity index (χ0) is 27.2. The number of rotatable bonds is 6. The SMILES string of the molecule is CCn1cc(CN2CC3CN(C(=O)OC(C(F)(F)F)C(F)(F)F)CC3C2)c(-c2ccc(N3CCC3)cc2)n1. The third-order valence-electron chi connectivity index (χ3n) is 7.55. The molecule has 3 aliphatic rings. The number of anilines is 1. The van der Waals surface area contributed by atoms with Gasteiger partial charge in [-0.1, -0.05) is 12.1 Å². The fourth-order valence-corrected chi connectivity index (χ4v) is 5.49. The van der Waals surface area contributed by atoms with E-state index in [1.54, 1.807) is 0 Å². The molecule has 7 nitrogen and oxygen atoms in total. The van der Waals surface area contributed by atoms with Gasteiger partial charge < -0.3 is 14.5 Å². The fourth-order valence-electron chi connectivity index (χ4n) is 5.49. The number of benzene rings is 1. The molecule has 0 saturated carbocycles. The van der Waals surface area contributed by atoms with Crippen molar-refractivity contribution in [2.45, 2.75) is 44.9 Å². The van der Waals surface area contributed by atoms with E-state index in [1.165, 1.54) is 12.1 Å². The molecule has 3 aliphatic heterocycles. The second-order valence-corrected chi connectivity index (χ2v) is 10.2. The van der Waals surface area contributed by atoms with Crippen LogP contribution in [-0.2, 0) is 17.8 Å². The summed E-state index contributed by atoms with van der Waals surface area (Å²) in [7, 11) is 0. The predicted octanol–water partition coefficient (Wildman–Crippen LogP) is 4.77. The van der Waals surface area contributed by atoms with Crippen LogP contribution in [0.5, 0.6) is 0 Å². The van der Waals surface area contributed by atoms with Gasteiger partial charge >= 0.3 is 18.4 Å². The average molecular weight is 546 g/mol. The van der Waals surface area contributed by atoms with Crippen molar-refractivity contribution >= 4 is 11.8 Å². The maximum Gasteiger partial charge on any atom is 0.434 e. The first kappa shape index (κ1) is 26.6. The molecule has 4 heterocycles. The number of alkyl halides is 6. The van der Waals surface area contributed by atoms with Crippen LogP contribution in [0.15, 0.2) is 30.5 Å². The van der Waals surface area contributed by atoms with Crippen molar-refractivity contribution in [1.29, 1.82) is 0 Å². The van der Waals surface area contributed by atoms with E-state index in [-0.39, 0.29) is 24.9 Å². The zero-order valence-corrected chi connectivity index (χ0v) is 20.8. The maximum absolute atomic E-state index is 12.8. The van der Waals surface area contributed by atoms with Gasteiger partial charge in [-0.25, -0.2) is 4.79 Å². The fraction of sp³-hybridized carbons (Fsp3) is 0.600. The summed E-state index contributed by atoms with van der Waals surface area (Å²) in [6.45, 7) is 6.69. The number of amides is 1. The van der Waals surface area contributed by atoms with Crippen LogP contribution in [0, 0.1) is 11.8 Å². The second kappa shape index (κ2) is 9.97. The first-order valence-corrected chi connectivity index (χ1v) is 12.7. The minimum Gasteiger partial charge on any atom is -0.426 e. The third-order valence-corrected chi connectivity index (χ3v) is 7.55. The number of fused-ring (bicyclic) bond motifs is 1. The Kier molecular flexibility index (Phi) is 6.99. The van der Waals surface area contributed by atoms with E-state index in [4.69, 9.17) is 5.10 Å². The van der Waals surface area contributed by atoms with Gasteiger partial charge in [-0.15, -0.1) is 0 Å². The number of hydrogen-bond donors (Lipinski definition) is 0. The monoisotopic (exact) mass is 545 g/mol. The van der Waals surface area contributed by atoms with Crippen LogP contribution in [0.25, 0.3) is 11.3 Å². The molecule has 1 amide bonds. The predicted molar refractivity (Wildman–Crippen MR) is 126 cm³/mol. The van der Waals surface area contributed by atoms with Gasteiger partial charge in [0.15, 0.2) is 0 Å². The summed E-state index contributed by atoms with van der Waals surface area (Å²) in [6, 6.07) is 8.33. The highest BCUT2D eigenvalue weighted by molar-refractivity contribution is 5.68. The number of aromatic nitrogens is 2. The van der Waals surface area contributed by atoms with Gasteiger partial charge in [-0.05, 0) is 37.3 Å². The van der Waals surface area contributed by atoms with Crippen LogP contribution in [0.3, 0.4) is 0 Å². The summed E-state index contributed by atoms with van der Waals surface area (Å²) in [6.07, 6.45) is -14.0. The van der Waals surface area contributed by atoms with E-state index in [9.17, 15) is 31.1 Å². The molecular weight excluding hydrogens is 516 g/mol. The summed E-state index contributed by atoms with van der Waals surface area (Å²) >= 11 is 0. The first-order chi connectivity index (χ1) is 17.9. The normalized spacial score (nSPS) is 22.2. The number of likely N-dealkylation sites (tertiary alicyclic amines) is 2. The van der Waals surface area contributed by atoms with Crippen molar-refractivity contribution in [3.05, 3.63) is 36.0 Å². The van der Waals surface area contributed by atoms with Gasteiger partial charge in [0.1, 0.15) is 0 Å². The molecule has 1 aromatic carbocycles. The quantitative estimate of drug-likeness (QED) is 0.490. The van der Waals surface area contributed by atoms with Gasteiger partial charge in [0.05, 0.1) is 5.69 Å². The summed E-state index contributed by atoms with van der Waals surface area (Å²) in [4.78, 5) is 17.6. The molecule has 5 rings (SSSR count). The lowest BCUT2D eigenvalue weighted by molar-refractivity contribution is -0.308. The van der Waals surface area contributed by atoms with Crippen LogP contribution < -0.4 is 4.90 Å². The molecule has 0 aliphatic carbocycles. The molecule has 2 aromatic rings. The van der Waals surface area contributed by atoms with Crippen molar-refractivity contribution in [3.63, 3.8) is 0 Å². The van der Waals surface area contributed by atoms with Crippen molar-refractivity contribution < 1.29 is 35.9 Å². The van der Waals surface area contributed by atoms with Crippen LogP contribution in [0.2, 0.25) is 0 Å². The molecule has 2 atom stereocenters. The summed E-state index contributed by atoms with van der Waals surface area (Å²) in [5, 5.41) is 4.75. The molecule has 0 N–H and O–H groups in total. The zero-order valence-electron chi connectivity index (χ0n) is 20.8. The Morgan fingerprint density at radius 3 is 2.11 bits per heavy atom. The molecule has 1 aromatic heterocycles. The number of nitrogens with zero attached hydrogens (tertiary/aromatic N) is 5. The minimum atomic E-state index is -5.73. The molecule has 2 unspecified atom stereocenters. The number of ether oxygens (including phenoxy) is 1. The lowest BCUT2D eigenvalue weighted by Gasteiger charge is -2.33. The minimum absolute atomic E-state index is 0.0570. The molecule has 0 spiro atoms. The summed E-state index contributed by atoms with van der Waals surface area (Å²) in [5.74, 6) is -0.114. The second-order valence-electron chi connectivity index (χ2n) is 10.2. The van der Waals surface area contributed by atoms with Crippen molar-refractivity contribution in [3.8, 4) is 11.3 Å². The van der Waals surface area contributed by atoms with Crippen LogP contribution in [0.1, 0.15) is 18.9 Å². The van der Waals surface area contributed by atoms with Crippen molar-refractivity contribution in [1.82, 2.24) is 19.6 Å². The van der Waals surface area contributed by atoms with E-state index in [0.717, 1.165) is 34.8 Å². The van der Waals surface area contributed by atoms with Crippen LogP contribution in [0.4, 0.5) is 36.8 Å². The Bertz CT molecular complexity index is 1120. The van der Waals surface area contributed by atoms with Gasteiger partial charge in [0, 0.05) is 75.4 Å². The Hall–Kier alpha value is -2.96. The van der Waals surface area contributed by atoms with E-state index in [2.05, 4.69) is 38.8 Å². The molecule has 13 heteroatoms. The Morgan fingerprint density at radius 1 is 1.00 bits per heavy atom. The van der Waals surface area contributed by atoms with Gasteiger partial charge in [-0.3, -0.25) is 9.58 Å². The topological polar surface area (TPSA) is 53.8 Å². The Balaban J connectivity index is 1.21. The summed E-state index contributed by atoms with van der Waals surface area (Å²) in [5.41, 5.74) is 4.12. The number of hydrogen-bond acceptors (Lipinski definition) is 5. The molecule has 3 fully saturated rings. The molecule has 0 bridgehead atoms. The van der Waals surface area contributed by atoms with Crippen molar-refractivity contribution in [2.24, 2.45) is 11.8 Å². The standard InChI is InChI=1S/C25H29F6N5O2/c1-2-36-15-19(21(32-36)16-4-6-20(7-5-16)34-8-3-9-34)12-33-10-17-13-35(14-18(17)11-33)23(37)38-22(24(26,27)28)25(29,30)31/h4-7,15,17-18,22H,2-3,8-14H2,1H3. The highest BCUT2D eigenvalue weighted by atomic mass is 19.4. The van der Waals surface area contributed by atoms with Crippen LogP contribution >= 0.6 is 0 Å². The number of carbonyl (C=O) groups is 1. The molecular formula is C25H29F6N5O2. The average Bonchev–Trinajstić information content (AvgIpc) is 3.48. The number of halogens is 6. The Morgan fingerprint density at radius 2 is 1.61 bits per heavy atom. The maximum atomic E-state index is 12.8. The van der Waals surface area contributed by atoms with E-state index in [0.29, 0.717) is 26.2 Å². The van der Waals surface area contributed by atoms with Gasteiger partial charge in [0.25, 0.3) is 6.10 Å². The Labute approximate surface area is 215 Å². The van der Waals surface area contributed by atoms with E-state index < -0.39 is 24.5 Å². The number of carbonyl (C=O) groups excluding carboxylic acids is 1. The molecule has 3 saturated heterocycles. The highest BCUT2D eigenvalue weighted by Gasteiger charge is 2.60.